The first-order chi connectivity index (χ1) is 14.1. The average Bonchev–Trinajstić information content (AvgIpc) is 3.16. The van der Waals surface area contributed by atoms with E-state index in [1.54, 1.807) is 0 Å². The van der Waals surface area contributed by atoms with Crippen LogP contribution < -0.4 is 5.32 Å². The number of carbonyl (C=O) groups excluding carboxylic acids is 1. The SMILES string of the molecule is CCc1ccccc1NC(=O)Cc1c(C)nc2nc(C3CCCCC3)nn2c1C. The van der Waals surface area contributed by atoms with Crippen molar-refractivity contribution < 1.29 is 4.79 Å². The number of carbonyl (C=O) groups is 1. The zero-order valence-corrected chi connectivity index (χ0v) is 17.5. The Balaban J connectivity index is 1.59. The molecule has 1 fully saturated rings. The fourth-order valence-electron chi connectivity index (χ4n) is 4.32. The van der Waals surface area contributed by atoms with Gasteiger partial charge in [-0.2, -0.15) is 4.98 Å². The number of hydrogen-bond acceptors (Lipinski definition) is 4. The maximum atomic E-state index is 12.8. The predicted molar refractivity (Wildman–Crippen MR) is 114 cm³/mol. The molecule has 0 radical (unpaired) electrons. The molecule has 1 N–H and O–H groups in total. The Labute approximate surface area is 171 Å². The van der Waals surface area contributed by atoms with E-state index in [1.807, 2.05) is 42.6 Å². The maximum Gasteiger partial charge on any atom is 0.252 e. The first-order valence-corrected chi connectivity index (χ1v) is 10.7. The lowest BCUT2D eigenvalue weighted by Gasteiger charge is -2.17. The molecule has 1 aliphatic carbocycles. The number of aromatic nitrogens is 4. The van der Waals surface area contributed by atoms with Gasteiger partial charge in [0.05, 0.1) is 6.42 Å². The lowest BCUT2D eigenvalue weighted by Crippen LogP contribution is -2.18. The summed E-state index contributed by atoms with van der Waals surface area (Å²) in [6.45, 7) is 6.04. The third-order valence-corrected chi connectivity index (χ3v) is 6.05. The van der Waals surface area contributed by atoms with Crippen molar-refractivity contribution in [3.63, 3.8) is 0 Å². The largest absolute Gasteiger partial charge is 0.326 e. The third-order valence-electron chi connectivity index (χ3n) is 6.05. The highest BCUT2D eigenvalue weighted by Crippen LogP contribution is 2.31. The second kappa shape index (κ2) is 8.31. The van der Waals surface area contributed by atoms with Crippen molar-refractivity contribution in [1.82, 2.24) is 19.6 Å². The van der Waals surface area contributed by atoms with Crippen molar-refractivity contribution in [2.24, 2.45) is 0 Å². The predicted octanol–water partition coefficient (Wildman–Crippen LogP) is 4.53. The summed E-state index contributed by atoms with van der Waals surface area (Å²) in [5, 5.41) is 7.83. The van der Waals surface area contributed by atoms with Gasteiger partial charge in [-0.3, -0.25) is 4.79 Å². The molecular formula is C23H29N5O. The zero-order chi connectivity index (χ0) is 20.4. The number of fused-ring (bicyclic) bond motifs is 1. The van der Waals surface area contributed by atoms with E-state index in [-0.39, 0.29) is 12.3 Å². The second-order valence-electron chi connectivity index (χ2n) is 8.01. The van der Waals surface area contributed by atoms with Crippen LogP contribution in [0.1, 0.15) is 73.3 Å². The van der Waals surface area contributed by atoms with E-state index in [4.69, 9.17) is 10.1 Å². The van der Waals surface area contributed by atoms with E-state index in [2.05, 4.69) is 17.2 Å². The summed E-state index contributed by atoms with van der Waals surface area (Å²) < 4.78 is 1.82. The molecule has 152 valence electrons. The number of aryl methyl sites for hydroxylation is 3. The van der Waals surface area contributed by atoms with Crippen LogP contribution in [-0.2, 0) is 17.6 Å². The summed E-state index contributed by atoms with van der Waals surface area (Å²) in [5.74, 6) is 1.94. The van der Waals surface area contributed by atoms with Crippen LogP contribution in [0.2, 0.25) is 0 Å². The normalized spacial score (nSPS) is 15.0. The van der Waals surface area contributed by atoms with Crippen molar-refractivity contribution >= 4 is 17.4 Å². The molecule has 0 unspecified atom stereocenters. The van der Waals surface area contributed by atoms with Gasteiger partial charge in [0.1, 0.15) is 0 Å². The molecule has 1 saturated carbocycles. The highest BCUT2D eigenvalue weighted by molar-refractivity contribution is 5.93. The fraction of sp³-hybridized carbons (Fsp3) is 0.478. The Bertz CT molecular complexity index is 1030. The van der Waals surface area contributed by atoms with Crippen LogP contribution >= 0.6 is 0 Å². The van der Waals surface area contributed by atoms with Crippen molar-refractivity contribution in [1.29, 1.82) is 0 Å². The van der Waals surface area contributed by atoms with Gasteiger partial charge in [-0.1, -0.05) is 44.4 Å². The monoisotopic (exact) mass is 391 g/mol. The number of benzene rings is 1. The van der Waals surface area contributed by atoms with Gasteiger partial charge in [-0.15, -0.1) is 5.10 Å². The van der Waals surface area contributed by atoms with Gasteiger partial charge < -0.3 is 5.32 Å². The first kappa shape index (κ1) is 19.6. The minimum absolute atomic E-state index is 0.0362. The van der Waals surface area contributed by atoms with Crippen LogP contribution in [0.25, 0.3) is 5.78 Å². The van der Waals surface area contributed by atoms with Gasteiger partial charge in [0.25, 0.3) is 5.78 Å². The number of amides is 1. The van der Waals surface area contributed by atoms with Gasteiger partial charge in [-0.25, -0.2) is 9.50 Å². The van der Waals surface area contributed by atoms with Crippen molar-refractivity contribution in [3.8, 4) is 0 Å². The lowest BCUT2D eigenvalue weighted by molar-refractivity contribution is -0.115. The molecule has 2 heterocycles. The summed E-state index contributed by atoms with van der Waals surface area (Å²) in [5.41, 5.74) is 4.72. The second-order valence-corrected chi connectivity index (χ2v) is 8.01. The quantitative estimate of drug-likeness (QED) is 0.693. The third kappa shape index (κ3) is 4.02. The molecule has 1 aromatic carbocycles. The highest BCUT2D eigenvalue weighted by Gasteiger charge is 2.22. The molecule has 0 bridgehead atoms. The Morgan fingerprint density at radius 3 is 2.66 bits per heavy atom. The van der Waals surface area contributed by atoms with Crippen LogP contribution in [0.15, 0.2) is 24.3 Å². The number of anilines is 1. The first-order valence-electron chi connectivity index (χ1n) is 10.7. The molecule has 29 heavy (non-hydrogen) atoms. The van der Waals surface area contributed by atoms with Crippen LogP contribution in [0.3, 0.4) is 0 Å². The van der Waals surface area contributed by atoms with E-state index >= 15 is 0 Å². The molecule has 2 aromatic heterocycles. The van der Waals surface area contributed by atoms with Gasteiger partial charge >= 0.3 is 0 Å². The summed E-state index contributed by atoms with van der Waals surface area (Å²) in [7, 11) is 0. The molecule has 0 saturated heterocycles. The molecule has 0 atom stereocenters. The smallest absolute Gasteiger partial charge is 0.252 e. The molecule has 1 amide bonds. The molecule has 4 rings (SSSR count). The lowest BCUT2D eigenvalue weighted by atomic mass is 9.89. The number of nitrogens with zero attached hydrogens (tertiary/aromatic N) is 4. The summed E-state index contributed by atoms with van der Waals surface area (Å²) in [6, 6.07) is 7.93. The van der Waals surface area contributed by atoms with Crippen molar-refractivity contribution in [3.05, 3.63) is 52.6 Å². The summed E-state index contributed by atoms with van der Waals surface area (Å²) >= 11 is 0. The van der Waals surface area contributed by atoms with Crippen molar-refractivity contribution in [2.45, 2.75) is 71.6 Å². The average molecular weight is 392 g/mol. The molecule has 3 aromatic rings. The van der Waals surface area contributed by atoms with Gasteiger partial charge in [-0.05, 0) is 44.7 Å². The van der Waals surface area contributed by atoms with Gasteiger partial charge in [0, 0.05) is 28.6 Å². The zero-order valence-electron chi connectivity index (χ0n) is 17.5. The molecule has 6 heteroatoms. The van der Waals surface area contributed by atoms with E-state index < -0.39 is 0 Å². The van der Waals surface area contributed by atoms with Crippen LogP contribution in [0.4, 0.5) is 5.69 Å². The van der Waals surface area contributed by atoms with Crippen LogP contribution in [0, 0.1) is 13.8 Å². The van der Waals surface area contributed by atoms with E-state index in [1.165, 1.54) is 19.3 Å². The van der Waals surface area contributed by atoms with Crippen LogP contribution in [0.5, 0.6) is 0 Å². The molecular weight excluding hydrogens is 362 g/mol. The Morgan fingerprint density at radius 2 is 1.90 bits per heavy atom. The number of para-hydroxylation sites is 1. The molecule has 0 spiro atoms. The topological polar surface area (TPSA) is 72.2 Å². The van der Waals surface area contributed by atoms with E-state index in [0.717, 1.165) is 53.3 Å². The van der Waals surface area contributed by atoms with Crippen LogP contribution in [-0.4, -0.2) is 25.5 Å². The minimum atomic E-state index is -0.0362. The number of rotatable bonds is 5. The summed E-state index contributed by atoms with van der Waals surface area (Å²) in [6.07, 6.45) is 7.26. The highest BCUT2D eigenvalue weighted by atomic mass is 16.1. The van der Waals surface area contributed by atoms with Crippen molar-refractivity contribution in [2.75, 3.05) is 5.32 Å². The number of hydrogen-bond donors (Lipinski definition) is 1. The molecule has 0 aliphatic heterocycles. The summed E-state index contributed by atoms with van der Waals surface area (Å²) in [4.78, 5) is 22.1. The number of nitrogens with one attached hydrogen (secondary N) is 1. The van der Waals surface area contributed by atoms with E-state index in [9.17, 15) is 4.79 Å². The minimum Gasteiger partial charge on any atom is -0.326 e. The van der Waals surface area contributed by atoms with E-state index in [0.29, 0.717) is 11.7 Å². The standard InChI is InChI=1S/C23H29N5O/c1-4-17-10-8-9-13-20(17)25-21(29)14-19-15(2)24-23-26-22(27-28(23)16(19)3)18-11-6-5-7-12-18/h8-10,13,18H,4-7,11-12,14H2,1-3H3,(H,25,29). The molecule has 6 nitrogen and oxygen atoms in total. The maximum absolute atomic E-state index is 12.8. The Hall–Kier alpha value is -2.76. The van der Waals surface area contributed by atoms with Gasteiger partial charge in [0.15, 0.2) is 5.82 Å². The van der Waals surface area contributed by atoms with Gasteiger partial charge in [0.2, 0.25) is 5.91 Å². The Kier molecular flexibility index (Phi) is 5.60. The molecule has 1 aliphatic rings. The Morgan fingerprint density at radius 1 is 1.14 bits per heavy atom. The fourth-order valence-corrected chi connectivity index (χ4v) is 4.32.